The number of nitrogens with zero attached hydrogens (tertiary/aromatic N) is 1. The normalized spacial score (nSPS) is 17.6. The third-order valence-corrected chi connectivity index (χ3v) is 4.74. The molecule has 2 aliphatic rings. The highest BCUT2D eigenvalue weighted by molar-refractivity contribution is 6.22. The SMILES string of the molecule is O=C(NCCCO)Nc1ccc2c(c1)C(=O)N(C1CCCCC1)C2=O. The van der Waals surface area contributed by atoms with E-state index in [0.29, 0.717) is 29.8 Å². The van der Waals surface area contributed by atoms with Gasteiger partial charge in [0.1, 0.15) is 0 Å². The lowest BCUT2D eigenvalue weighted by Gasteiger charge is -2.29. The Morgan fingerprint density at radius 1 is 1.12 bits per heavy atom. The molecule has 1 heterocycles. The van der Waals surface area contributed by atoms with Crippen molar-refractivity contribution in [1.82, 2.24) is 10.2 Å². The number of hydrogen-bond acceptors (Lipinski definition) is 4. The van der Waals surface area contributed by atoms with Gasteiger partial charge >= 0.3 is 6.03 Å². The smallest absolute Gasteiger partial charge is 0.319 e. The highest BCUT2D eigenvalue weighted by Gasteiger charge is 2.40. The van der Waals surface area contributed by atoms with Crippen LogP contribution in [0.25, 0.3) is 0 Å². The first-order valence-electron chi connectivity index (χ1n) is 8.79. The number of benzene rings is 1. The molecule has 0 bridgehead atoms. The predicted molar refractivity (Wildman–Crippen MR) is 92.5 cm³/mol. The summed E-state index contributed by atoms with van der Waals surface area (Å²) in [6.45, 7) is 0.368. The summed E-state index contributed by atoms with van der Waals surface area (Å²) < 4.78 is 0. The van der Waals surface area contributed by atoms with E-state index in [1.54, 1.807) is 18.2 Å². The Morgan fingerprint density at radius 2 is 1.84 bits per heavy atom. The Morgan fingerprint density at radius 3 is 2.56 bits per heavy atom. The molecule has 134 valence electrons. The average molecular weight is 345 g/mol. The lowest BCUT2D eigenvalue weighted by Crippen LogP contribution is -2.40. The largest absolute Gasteiger partial charge is 0.396 e. The van der Waals surface area contributed by atoms with Gasteiger partial charge < -0.3 is 15.7 Å². The van der Waals surface area contributed by atoms with E-state index in [-0.39, 0.29) is 24.5 Å². The van der Waals surface area contributed by atoms with Crippen LogP contribution in [0.15, 0.2) is 18.2 Å². The van der Waals surface area contributed by atoms with E-state index in [9.17, 15) is 14.4 Å². The fourth-order valence-electron chi connectivity index (χ4n) is 3.46. The van der Waals surface area contributed by atoms with Crippen LogP contribution in [0.5, 0.6) is 0 Å². The zero-order chi connectivity index (χ0) is 17.8. The summed E-state index contributed by atoms with van der Waals surface area (Å²) in [7, 11) is 0. The summed E-state index contributed by atoms with van der Waals surface area (Å²) in [5.74, 6) is -0.498. The molecule has 1 aromatic carbocycles. The molecular weight excluding hydrogens is 322 g/mol. The molecule has 1 fully saturated rings. The van der Waals surface area contributed by atoms with Gasteiger partial charge in [0.25, 0.3) is 11.8 Å². The van der Waals surface area contributed by atoms with Gasteiger partial charge in [0.05, 0.1) is 11.1 Å². The van der Waals surface area contributed by atoms with E-state index in [0.717, 1.165) is 32.1 Å². The third-order valence-electron chi connectivity index (χ3n) is 4.74. The Hall–Kier alpha value is -2.41. The van der Waals surface area contributed by atoms with Gasteiger partial charge in [0, 0.05) is 24.9 Å². The molecule has 0 saturated heterocycles. The number of aliphatic hydroxyl groups excluding tert-OH is 1. The van der Waals surface area contributed by atoms with Gasteiger partial charge in [0.15, 0.2) is 0 Å². The second-order valence-electron chi connectivity index (χ2n) is 6.49. The fraction of sp³-hybridized carbons (Fsp3) is 0.500. The van der Waals surface area contributed by atoms with Gasteiger partial charge in [-0.2, -0.15) is 0 Å². The van der Waals surface area contributed by atoms with Crippen molar-refractivity contribution < 1.29 is 19.5 Å². The van der Waals surface area contributed by atoms with Gasteiger partial charge in [-0.15, -0.1) is 0 Å². The molecule has 0 atom stereocenters. The first-order valence-corrected chi connectivity index (χ1v) is 8.79. The van der Waals surface area contributed by atoms with E-state index in [1.165, 1.54) is 4.90 Å². The van der Waals surface area contributed by atoms with E-state index in [4.69, 9.17) is 5.11 Å². The highest BCUT2D eigenvalue weighted by atomic mass is 16.3. The van der Waals surface area contributed by atoms with Crippen LogP contribution in [-0.2, 0) is 0 Å². The average Bonchev–Trinajstić information content (AvgIpc) is 2.86. The second kappa shape index (κ2) is 7.65. The highest BCUT2D eigenvalue weighted by Crippen LogP contribution is 2.32. The number of urea groups is 1. The Labute approximate surface area is 146 Å². The maximum atomic E-state index is 12.7. The quantitative estimate of drug-likeness (QED) is 0.562. The van der Waals surface area contributed by atoms with E-state index >= 15 is 0 Å². The number of fused-ring (bicyclic) bond motifs is 1. The summed E-state index contributed by atoms with van der Waals surface area (Å²) in [5.41, 5.74) is 1.22. The van der Waals surface area contributed by atoms with Crippen molar-refractivity contribution >= 4 is 23.5 Å². The molecule has 7 nitrogen and oxygen atoms in total. The maximum absolute atomic E-state index is 12.7. The molecule has 3 N–H and O–H groups in total. The molecule has 0 aromatic heterocycles. The minimum atomic E-state index is -0.408. The lowest BCUT2D eigenvalue weighted by atomic mass is 9.94. The summed E-state index contributed by atoms with van der Waals surface area (Å²) in [5, 5.41) is 14.0. The van der Waals surface area contributed by atoms with Crippen LogP contribution < -0.4 is 10.6 Å². The molecule has 3 rings (SSSR count). The molecule has 4 amide bonds. The Bertz CT molecular complexity index is 683. The molecule has 0 unspecified atom stereocenters. The summed E-state index contributed by atoms with van der Waals surface area (Å²) in [6.07, 6.45) is 5.44. The van der Waals surface area contributed by atoms with Crippen molar-refractivity contribution in [3.8, 4) is 0 Å². The third kappa shape index (κ3) is 3.66. The number of nitrogens with one attached hydrogen (secondary N) is 2. The summed E-state index contributed by atoms with van der Waals surface area (Å²) >= 11 is 0. The zero-order valence-electron chi connectivity index (χ0n) is 14.1. The zero-order valence-corrected chi connectivity index (χ0v) is 14.1. The van der Waals surface area contributed by atoms with Crippen molar-refractivity contribution in [3.05, 3.63) is 29.3 Å². The lowest BCUT2D eigenvalue weighted by molar-refractivity contribution is 0.0549. The van der Waals surface area contributed by atoms with E-state index in [2.05, 4.69) is 10.6 Å². The first-order chi connectivity index (χ1) is 12.1. The minimum absolute atomic E-state index is 0.00669. The number of rotatable bonds is 5. The van der Waals surface area contributed by atoms with Crippen LogP contribution in [0.2, 0.25) is 0 Å². The molecule has 1 aromatic rings. The molecule has 25 heavy (non-hydrogen) atoms. The van der Waals surface area contributed by atoms with Crippen LogP contribution in [0, 0.1) is 0 Å². The summed E-state index contributed by atoms with van der Waals surface area (Å²) in [6, 6.07) is 4.36. The van der Waals surface area contributed by atoms with Crippen molar-refractivity contribution in [2.24, 2.45) is 0 Å². The fourth-order valence-corrected chi connectivity index (χ4v) is 3.46. The Balaban J connectivity index is 1.71. The van der Waals surface area contributed by atoms with E-state index in [1.807, 2.05) is 0 Å². The van der Waals surface area contributed by atoms with Crippen LogP contribution in [0.3, 0.4) is 0 Å². The number of amides is 4. The standard InChI is InChI=1S/C18H23N3O4/c22-10-4-9-19-18(25)20-12-7-8-14-15(11-12)17(24)21(16(14)23)13-5-2-1-3-6-13/h7-8,11,13,22H,1-6,9-10H2,(H2,19,20,25). The van der Waals surface area contributed by atoms with Crippen LogP contribution in [0.1, 0.15) is 59.2 Å². The molecule has 0 spiro atoms. The number of hydrogen-bond donors (Lipinski definition) is 3. The van der Waals surface area contributed by atoms with Crippen molar-refractivity contribution in [2.45, 2.75) is 44.6 Å². The van der Waals surface area contributed by atoms with Gasteiger partial charge in [-0.1, -0.05) is 19.3 Å². The van der Waals surface area contributed by atoms with Crippen LogP contribution in [-0.4, -0.2) is 47.0 Å². The van der Waals surface area contributed by atoms with Crippen LogP contribution in [0.4, 0.5) is 10.5 Å². The molecule has 0 radical (unpaired) electrons. The Kier molecular flexibility index (Phi) is 5.33. The van der Waals surface area contributed by atoms with Gasteiger partial charge in [0.2, 0.25) is 0 Å². The number of imide groups is 1. The first kappa shape index (κ1) is 17.4. The molecule has 1 aliphatic heterocycles. The number of anilines is 1. The number of aliphatic hydroxyl groups is 1. The second-order valence-corrected chi connectivity index (χ2v) is 6.49. The van der Waals surface area contributed by atoms with Crippen molar-refractivity contribution in [3.63, 3.8) is 0 Å². The molecule has 7 heteroatoms. The molecular formula is C18H23N3O4. The maximum Gasteiger partial charge on any atom is 0.319 e. The van der Waals surface area contributed by atoms with Crippen molar-refractivity contribution in [2.75, 3.05) is 18.5 Å². The number of carbonyl (C=O) groups is 3. The summed E-state index contributed by atoms with van der Waals surface area (Å²) in [4.78, 5) is 38.5. The molecule has 1 aliphatic carbocycles. The number of carbonyl (C=O) groups excluding carboxylic acids is 3. The monoisotopic (exact) mass is 345 g/mol. The predicted octanol–water partition coefficient (Wildman–Crippen LogP) is 2.12. The minimum Gasteiger partial charge on any atom is -0.396 e. The topological polar surface area (TPSA) is 98.7 Å². The van der Waals surface area contributed by atoms with Gasteiger partial charge in [-0.3, -0.25) is 14.5 Å². The molecule has 1 saturated carbocycles. The van der Waals surface area contributed by atoms with E-state index < -0.39 is 6.03 Å². The van der Waals surface area contributed by atoms with Crippen LogP contribution >= 0.6 is 0 Å². The van der Waals surface area contributed by atoms with Crippen molar-refractivity contribution in [1.29, 1.82) is 0 Å². The van der Waals surface area contributed by atoms with Gasteiger partial charge in [-0.25, -0.2) is 4.79 Å². The van der Waals surface area contributed by atoms with Gasteiger partial charge in [-0.05, 0) is 37.5 Å².